The van der Waals surface area contributed by atoms with Crippen LogP contribution in [0.5, 0.6) is 0 Å². The predicted octanol–water partition coefficient (Wildman–Crippen LogP) is 13.8. The monoisotopic (exact) mass is 1100 g/mol. The van der Waals surface area contributed by atoms with E-state index < -0.39 is 16.1 Å². The Bertz CT molecular complexity index is 5200. The molecule has 4 nitrogen and oxygen atoms in total. The van der Waals surface area contributed by atoms with Gasteiger partial charge in [-0.2, -0.15) is 0 Å². The summed E-state index contributed by atoms with van der Waals surface area (Å²) >= 11 is 0. The molecule has 1 atom stereocenters. The van der Waals surface area contributed by atoms with Crippen LogP contribution in [-0.2, 0) is 0 Å². The van der Waals surface area contributed by atoms with Gasteiger partial charge >= 0.3 is 0 Å². The predicted molar refractivity (Wildman–Crippen MR) is 358 cm³/mol. The Morgan fingerprint density at radius 3 is 1.06 bits per heavy atom. The fraction of sp³-hybridized carbons (Fsp3) is 0. The SMILES string of the molecule is c1ccc([Si]2(c3cccc(-n4c5ccccc5c5ccccc54)c3)c3ccccc3N3c4cc(-n5c6ccccc6c6cc(-n7c8ccccc8c8ccccc87)ccc65)ccc4[Si](c4ccccc4)(c4ccccc4)c4cccc2c43)cc1. The van der Waals surface area contributed by atoms with Crippen molar-refractivity contribution in [3.05, 3.63) is 315 Å². The summed E-state index contributed by atoms with van der Waals surface area (Å²) in [5.41, 5.74) is 14.4. The van der Waals surface area contributed by atoms with E-state index >= 15 is 0 Å². The lowest BCUT2D eigenvalue weighted by molar-refractivity contribution is 1.16. The molecule has 0 saturated heterocycles. The number of fused-ring (bicyclic) bond motifs is 13. The van der Waals surface area contributed by atoms with Crippen molar-refractivity contribution in [3.63, 3.8) is 0 Å². The molecular formula is C78H52N4Si2. The Morgan fingerprint density at radius 1 is 0.202 bits per heavy atom. The Labute approximate surface area is 488 Å². The van der Waals surface area contributed by atoms with Gasteiger partial charge in [0, 0.05) is 66.4 Å². The van der Waals surface area contributed by atoms with Crippen LogP contribution in [0.3, 0.4) is 0 Å². The molecule has 2 aliphatic rings. The first kappa shape index (κ1) is 47.2. The molecule has 2 aliphatic heterocycles. The third-order valence-electron chi connectivity index (χ3n) is 18.7. The van der Waals surface area contributed by atoms with Crippen LogP contribution >= 0.6 is 0 Å². The highest BCUT2D eigenvalue weighted by molar-refractivity contribution is 7.24. The zero-order chi connectivity index (χ0) is 55.1. The van der Waals surface area contributed by atoms with Crippen LogP contribution in [-0.4, -0.2) is 29.8 Å². The number of benzene rings is 13. The van der Waals surface area contributed by atoms with E-state index in [0.717, 1.165) is 17.1 Å². The quantitative estimate of drug-likeness (QED) is 0.145. The van der Waals surface area contributed by atoms with Crippen molar-refractivity contribution in [2.45, 2.75) is 0 Å². The highest BCUT2D eigenvalue weighted by Crippen LogP contribution is 2.44. The topological polar surface area (TPSA) is 18.0 Å². The molecule has 0 radical (unpaired) electrons. The first-order valence-electron chi connectivity index (χ1n) is 29.2. The van der Waals surface area contributed by atoms with E-state index in [1.165, 1.54) is 124 Å². The van der Waals surface area contributed by atoms with Gasteiger partial charge in [0.25, 0.3) is 0 Å². The Balaban J connectivity index is 0.933. The van der Waals surface area contributed by atoms with Crippen LogP contribution in [0.2, 0.25) is 0 Å². The smallest absolute Gasteiger partial charge is 0.184 e. The van der Waals surface area contributed by atoms with Gasteiger partial charge in [-0.05, 0) is 120 Å². The fourth-order valence-electron chi connectivity index (χ4n) is 15.5. The highest BCUT2D eigenvalue weighted by Gasteiger charge is 2.56. The van der Waals surface area contributed by atoms with Gasteiger partial charge in [0.2, 0.25) is 0 Å². The van der Waals surface area contributed by atoms with Gasteiger partial charge in [0.1, 0.15) is 0 Å². The van der Waals surface area contributed by atoms with Crippen LogP contribution < -0.4 is 46.4 Å². The van der Waals surface area contributed by atoms with Crippen molar-refractivity contribution < 1.29 is 0 Å². The Hall–Kier alpha value is -10.5. The van der Waals surface area contributed by atoms with Crippen molar-refractivity contribution in [2.24, 2.45) is 0 Å². The van der Waals surface area contributed by atoms with Crippen molar-refractivity contribution in [3.8, 4) is 17.1 Å². The van der Waals surface area contributed by atoms with Crippen molar-refractivity contribution >= 4 is 140 Å². The number of hydrogen-bond acceptors (Lipinski definition) is 1. The summed E-state index contributed by atoms with van der Waals surface area (Å²) in [5.74, 6) is 0. The van der Waals surface area contributed by atoms with Crippen molar-refractivity contribution in [2.75, 3.05) is 4.90 Å². The molecule has 18 rings (SSSR count). The van der Waals surface area contributed by atoms with E-state index in [4.69, 9.17) is 0 Å². The maximum atomic E-state index is 2.70. The minimum Gasteiger partial charge on any atom is -0.311 e. The highest BCUT2D eigenvalue weighted by atomic mass is 28.3. The normalized spacial score (nSPS) is 15.0. The first-order valence-corrected chi connectivity index (χ1v) is 33.2. The van der Waals surface area contributed by atoms with Crippen LogP contribution in [0, 0.1) is 0 Å². The molecule has 0 N–H and O–H groups in total. The zero-order valence-corrected chi connectivity index (χ0v) is 47.8. The second-order valence-corrected chi connectivity index (χ2v) is 30.2. The number of para-hydroxylation sites is 7. The Morgan fingerprint density at radius 2 is 0.548 bits per heavy atom. The molecule has 1 unspecified atom stereocenters. The van der Waals surface area contributed by atoms with Gasteiger partial charge in [-0.15, -0.1) is 0 Å². The van der Waals surface area contributed by atoms with Crippen LogP contribution in [0.4, 0.5) is 17.1 Å². The summed E-state index contributed by atoms with van der Waals surface area (Å²) in [6.07, 6.45) is 0. The molecule has 3 aromatic heterocycles. The molecule has 16 aromatic rings. The molecule has 0 saturated carbocycles. The fourth-order valence-corrected chi connectivity index (χ4v) is 25.9. The number of hydrogen-bond donors (Lipinski definition) is 0. The lowest BCUT2D eigenvalue weighted by Gasteiger charge is -2.52. The van der Waals surface area contributed by atoms with E-state index in [-0.39, 0.29) is 0 Å². The number of rotatable bonds is 7. The van der Waals surface area contributed by atoms with Gasteiger partial charge in [-0.3, -0.25) is 0 Å². The molecule has 13 aromatic carbocycles. The minimum absolute atomic E-state index is 1.13. The average molecular weight is 1100 g/mol. The average Bonchev–Trinajstić information content (AvgIpc) is 1.31. The third-order valence-corrected chi connectivity index (χ3v) is 28.4. The molecule has 0 aliphatic carbocycles. The van der Waals surface area contributed by atoms with E-state index in [2.05, 4.69) is 334 Å². The van der Waals surface area contributed by atoms with Gasteiger partial charge in [0.05, 0.1) is 33.1 Å². The van der Waals surface area contributed by atoms with Crippen molar-refractivity contribution in [1.29, 1.82) is 0 Å². The lowest BCUT2D eigenvalue weighted by Crippen LogP contribution is -2.82. The largest absolute Gasteiger partial charge is 0.311 e. The van der Waals surface area contributed by atoms with E-state index in [0.29, 0.717) is 0 Å². The van der Waals surface area contributed by atoms with Gasteiger partial charge in [0.15, 0.2) is 16.1 Å². The number of nitrogens with zero attached hydrogens (tertiary/aromatic N) is 4. The summed E-state index contributed by atoms with van der Waals surface area (Å²) in [7, 11) is -6.41. The molecule has 0 bridgehead atoms. The van der Waals surface area contributed by atoms with Gasteiger partial charge < -0.3 is 18.6 Å². The summed E-state index contributed by atoms with van der Waals surface area (Å²) in [6.45, 7) is 0. The van der Waals surface area contributed by atoms with E-state index in [1.807, 2.05) is 0 Å². The summed E-state index contributed by atoms with van der Waals surface area (Å²) < 4.78 is 7.45. The molecule has 84 heavy (non-hydrogen) atoms. The zero-order valence-electron chi connectivity index (χ0n) is 45.8. The van der Waals surface area contributed by atoms with E-state index in [1.54, 1.807) is 0 Å². The molecule has 6 heteroatoms. The Kier molecular flexibility index (Phi) is 10.1. The maximum Gasteiger partial charge on any atom is 0.184 e. The summed E-state index contributed by atoms with van der Waals surface area (Å²) in [6, 6.07) is 120. The van der Waals surface area contributed by atoms with Gasteiger partial charge in [-0.25, -0.2) is 0 Å². The molecule has 0 fully saturated rings. The second-order valence-electron chi connectivity index (χ2n) is 22.7. The van der Waals surface area contributed by atoms with E-state index in [9.17, 15) is 0 Å². The van der Waals surface area contributed by atoms with Gasteiger partial charge in [-0.1, -0.05) is 237 Å². The van der Waals surface area contributed by atoms with Crippen LogP contribution in [0.1, 0.15) is 0 Å². The standard InChI is InChI=1S/C78H52N4Si2/c1-4-25-56(26-5-1)83(57-27-6-2-7-28-57)75-49-47-55(81-70-41-19-14-36-64(70)65-51-54(46-48-71(65)81)80-68-39-17-12-34-62(68)63-35-13-18-40-69(63)80)52-73(75)82-72-42-20-21-43-74(72)84(58-29-8-3-9-30-58,77-45-23-44-76(83)78(77)82)59-31-22-24-53(50-59)79-66-37-15-10-32-60(66)61-33-11-16-38-67(61)79/h1-52H. The number of anilines is 3. The van der Waals surface area contributed by atoms with Crippen molar-refractivity contribution in [1.82, 2.24) is 13.7 Å². The minimum atomic E-state index is -3.24. The second kappa shape index (κ2) is 18.0. The molecule has 5 heterocycles. The molecule has 0 spiro atoms. The number of aromatic nitrogens is 3. The molecule has 392 valence electrons. The maximum absolute atomic E-state index is 3.24. The molecule has 0 amide bonds. The summed E-state index contributed by atoms with van der Waals surface area (Å²) in [5, 5.41) is 18.5. The molecular weight excluding hydrogens is 1050 g/mol. The first-order chi connectivity index (χ1) is 41.7. The summed E-state index contributed by atoms with van der Waals surface area (Å²) in [4.78, 5) is 2.70. The van der Waals surface area contributed by atoms with Crippen LogP contribution in [0.25, 0.3) is 82.5 Å². The third kappa shape index (κ3) is 6.30. The lowest BCUT2D eigenvalue weighted by atomic mass is 10.1. The van der Waals surface area contributed by atoms with Crippen LogP contribution in [0.15, 0.2) is 315 Å².